The molecule has 0 saturated carbocycles. The summed E-state index contributed by atoms with van der Waals surface area (Å²) in [5, 5.41) is 2.07. The number of carbonyl (C=O) groups excluding carboxylic acids is 1. The Hall–Kier alpha value is -1.07. The summed E-state index contributed by atoms with van der Waals surface area (Å²) < 4.78 is 9.91. The van der Waals surface area contributed by atoms with Crippen molar-refractivity contribution in [2.24, 2.45) is 0 Å². The lowest BCUT2D eigenvalue weighted by Crippen LogP contribution is -2.36. The van der Waals surface area contributed by atoms with E-state index in [9.17, 15) is 4.79 Å². The van der Waals surface area contributed by atoms with Gasteiger partial charge >= 0.3 is 6.09 Å². The zero-order valence-corrected chi connectivity index (χ0v) is 10.1. The molecule has 0 N–H and O–H groups in total. The van der Waals surface area contributed by atoms with Gasteiger partial charge in [-0.2, -0.15) is 0 Å². The summed E-state index contributed by atoms with van der Waals surface area (Å²) in [6.07, 6.45) is 0.689. The van der Waals surface area contributed by atoms with Gasteiger partial charge in [0.25, 0.3) is 0 Å². The van der Waals surface area contributed by atoms with Crippen LogP contribution >= 0.6 is 11.3 Å². The molecule has 0 bridgehead atoms. The maximum Gasteiger partial charge on any atom is 0.410 e. The summed E-state index contributed by atoms with van der Waals surface area (Å²) in [5.41, 5.74) is 1.37. The summed E-state index contributed by atoms with van der Waals surface area (Å²) in [6.45, 7) is 2.20. The number of carbonyl (C=O) groups is 1. The molecule has 1 amide bonds. The third-order valence-corrected chi connectivity index (χ3v) is 3.54. The van der Waals surface area contributed by atoms with Gasteiger partial charge in [0.15, 0.2) is 0 Å². The van der Waals surface area contributed by atoms with Crippen molar-refractivity contribution >= 4 is 17.4 Å². The zero-order valence-electron chi connectivity index (χ0n) is 9.27. The number of methoxy groups -OCH3 is 1. The highest BCUT2D eigenvalue weighted by Crippen LogP contribution is 2.24. The molecule has 16 heavy (non-hydrogen) atoms. The van der Waals surface area contributed by atoms with Gasteiger partial charge in [0.2, 0.25) is 0 Å². The van der Waals surface area contributed by atoms with Crippen LogP contribution in [0.1, 0.15) is 10.4 Å². The molecule has 88 valence electrons. The highest BCUT2D eigenvalue weighted by atomic mass is 32.1. The Morgan fingerprint density at radius 2 is 2.44 bits per heavy atom. The van der Waals surface area contributed by atoms with Crippen molar-refractivity contribution in [3.63, 3.8) is 0 Å². The van der Waals surface area contributed by atoms with Crippen LogP contribution in [0, 0.1) is 0 Å². The van der Waals surface area contributed by atoms with Crippen LogP contribution in [-0.4, -0.2) is 37.9 Å². The topological polar surface area (TPSA) is 38.8 Å². The van der Waals surface area contributed by atoms with Gasteiger partial charge in [-0.3, -0.25) is 0 Å². The first-order chi connectivity index (χ1) is 7.81. The van der Waals surface area contributed by atoms with Crippen LogP contribution in [-0.2, 0) is 22.4 Å². The summed E-state index contributed by atoms with van der Waals surface area (Å²) in [7, 11) is 1.59. The van der Waals surface area contributed by atoms with Crippen molar-refractivity contribution < 1.29 is 14.3 Å². The SMILES string of the molecule is COCCOC(=O)N1CCc2ccsc2C1. The van der Waals surface area contributed by atoms with E-state index in [0.29, 0.717) is 19.8 Å². The second kappa shape index (κ2) is 5.32. The van der Waals surface area contributed by atoms with E-state index in [-0.39, 0.29) is 6.09 Å². The van der Waals surface area contributed by atoms with Gasteiger partial charge in [0.1, 0.15) is 6.61 Å². The van der Waals surface area contributed by atoms with Gasteiger partial charge in [0, 0.05) is 18.5 Å². The van der Waals surface area contributed by atoms with Gasteiger partial charge in [0.05, 0.1) is 13.2 Å². The normalized spacial score (nSPS) is 14.7. The Morgan fingerprint density at radius 3 is 3.25 bits per heavy atom. The molecule has 1 aliphatic rings. The molecule has 0 radical (unpaired) electrons. The quantitative estimate of drug-likeness (QED) is 0.759. The fourth-order valence-corrected chi connectivity index (χ4v) is 2.64. The number of hydrogen-bond donors (Lipinski definition) is 0. The monoisotopic (exact) mass is 241 g/mol. The zero-order chi connectivity index (χ0) is 11.4. The van der Waals surface area contributed by atoms with E-state index in [0.717, 1.165) is 13.0 Å². The van der Waals surface area contributed by atoms with Gasteiger partial charge in [-0.25, -0.2) is 4.79 Å². The standard InChI is InChI=1S/C11H15NO3S/c1-14-5-6-15-11(13)12-4-2-9-3-7-16-10(9)8-12/h3,7H,2,4-6,8H2,1H3. The number of ether oxygens (including phenoxy) is 2. The van der Waals surface area contributed by atoms with Crippen molar-refractivity contribution in [2.45, 2.75) is 13.0 Å². The summed E-state index contributed by atoms with van der Waals surface area (Å²) >= 11 is 1.70. The summed E-state index contributed by atoms with van der Waals surface area (Å²) in [5.74, 6) is 0. The fourth-order valence-electron chi connectivity index (χ4n) is 1.70. The van der Waals surface area contributed by atoms with E-state index in [4.69, 9.17) is 9.47 Å². The van der Waals surface area contributed by atoms with Crippen molar-refractivity contribution in [3.05, 3.63) is 21.9 Å². The molecule has 1 aromatic rings. The maximum atomic E-state index is 11.7. The van der Waals surface area contributed by atoms with Crippen molar-refractivity contribution in [2.75, 3.05) is 26.9 Å². The number of amides is 1. The van der Waals surface area contributed by atoms with Gasteiger partial charge in [-0.05, 0) is 23.4 Å². The summed E-state index contributed by atoms with van der Waals surface area (Å²) in [6, 6.07) is 2.13. The van der Waals surface area contributed by atoms with Gasteiger partial charge in [-0.1, -0.05) is 0 Å². The molecule has 0 aromatic carbocycles. The molecular formula is C11H15NO3S. The molecule has 4 nitrogen and oxygen atoms in total. The van der Waals surface area contributed by atoms with Crippen molar-refractivity contribution in [1.82, 2.24) is 4.90 Å². The minimum atomic E-state index is -0.240. The number of hydrogen-bond acceptors (Lipinski definition) is 4. The number of thiophene rings is 1. The Balaban J connectivity index is 1.86. The first-order valence-corrected chi connectivity index (χ1v) is 6.15. The van der Waals surface area contributed by atoms with E-state index in [1.54, 1.807) is 23.3 Å². The molecule has 1 aromatic heterocycles. The van der Waals surface area contributed by atoms with Crippen molar-refractivity contribution in [1.29, 1.82) is 0 Å². The van der Waals surface area contributed by atoms with Crippen LogP contribution in [0.4, 0.5) is 4.79 Å². The number of rotatable bonds is 3. The fraction of sp³-hybridized carbons (Fsp3) is 0.545. The lowest BCUT2D eigenvalue weighted by atomic mass is 10.1. The highest BCUT2D eigenvalue weighted by Gasteiger charge is 2.22. The lowest BCUT2D eigenvalue weighted by Gasteiger charge is -2.26. The molecule has 5 heteroatoms. The Bertz CT molecular complexity index is 364. The van der Waals surface area contributed by atoms with E-state index in [1.807, 2.05) is 0 Å². The van der Waals surface area contributed by atoms with E-state index in [2.05, 4.69) is 11.4 Å². The second-order valence-corrected chi connectivity index (χ2v) is 4.65. The van der Waals surface area contributed by atoms with Crippen LogP contribution in [0.3, 0.4) is 0 Å². The van der Waals surface area contributed by atoms with Crippen LogP contribution in [0.2, 0.25) is 0 Å². The smallest absolute Gasteiger partial charge is 0.410 e. The minimum absolute atomic E-state index is 0.240. The predicted octanol–water partition coefficient (Wildman–Crippen LogP) is 1.89. The molecular weight excluding hydrogens is 226 g/mol. The highest BCUT2D eigenvalue weighted by molar-refractivity contribution is 7.10. The van der Waals surface area contributed by atoms with E-state index in [1.165, 1.54) is 10.4 Å². The minimum Gasteiger partial charge on any atom is -0.447 e. The average molecular weight is 241 g/mol. The number of fused-ring (bicyclic) bond motifs is 1. The Labute approximate surface area is 98.8 Å². The third-order valence-electron chi connectivity index (χ3n) is 2.59. The molecule has 0 spiro atoms. The number of nitrogens with zero attached hydrogens (tertiary/aromatic N) is 1. The van der Waals surface area contributed by atoms with Crippen LogP contribution < -0.4 is 0 Å². The molecule has 1 aliphatic heterocycles. The Morgan fingerprint density at radius 1 is 1.56 bits per heavy atom. The van der Waals surface area contributed by atoms with Gasteiger partial charge < -0.3 is 14.4 Å². The summed E-state index contributed by atoms with van der Waals surface area (Å²) in [4.78, 5) is 14.7. The second-order valence-electron chi connectivity index (χ2n) is 3.65. The van der Waals surface area contributed by atoms with Crippen LogP contribution in [0.25, 0.3) is 0 Å². The lowest BCUT2D eigenvalue weighted by molar-refractivity contribution is 0.0692. The third kappa shape index (κ3) is 2.54. The molecule has 0 unspecified atom stereocenters. The largest absolute Gasteiger partial charge is 0.447 e. The molecule has 0 saturated heterocycles. The molecule has 0 fully saturated rings. The van der Waals surface area contributed by atoms with Crippen LogP contribution in [0.15, 0.2) is 11.4 Å². The molecule has 0 aliphatic carbocycles. The first-order valence-electron chi connectivity index (χ1n) is 5.27. The first kappa shape index (κ1) is 11.4. The van der Waals surface area contributed by atoms with E-state index >= 15 is 0 Å². The van der Waals surface area contributed by atoms with Crippen molar-refractivity contribution in [3.8, 4) is 0 Å². The van der Waals surface area contributed by atoms with Crippen LogP contribution in [0.5, 0.6) is 0 Å². The Kier molecular flexibility index (Phi) is 3.79. The predicted molar refractivity (Wildman–Crippen MR) is 61.7 cm³/mol. The van der Waals surface area contributed by atoms with Gasteiger partial charge in [-0.15, -0.1) is 11.3 Å². The maximum absolute atomic E-state index is 11.7. The molecule has 0 atom stereocenters. The van der Waals surface area contributed by atoms with E-state index < -0.39 is 0 Å². The molecule has 2 heterocycles. The average Bonchev–Trinajstić information content (AvgIpc) is 2.76. The molecule has 2 rings (SSSR count).